The molecule has 0 fully saturated rings. The molecule has 1 heterocycles. The quantitative estimate of drug-likeness (QED) is 0.882. The first-order valence-corrected chi connectivity index (χ1v) is 7.32. The third-order valence-electron chi connectivity index (χ3n) is 2.82. The number of carbonyl (C=O) groups is 1. The van der Waals surface area contributed by atoms with E-state index in [9.17, 15) is 4.79 Å². The highest BCUT2D eigenvalue weighted by atomic mass is 35.5. The zero-order chi connectivity index (χ0) is 14.7. The summed E-state index contributed by atoms with van der Waals surface area (Å²) in [6, 6.07) is 7.01. The molecule has 1 atom stereocenters. The number of carbonyl (C=O) groups excluding carboxylic acids is 1. The van der Waals surface area contributed by atoms with Gasteiger partial charge in [0.1, 0.15) is 5.82 Å². The van der Waals surface area contributed by atoms with Gasteiger partial charge in [-0.3, -0.25) is 4.79 Å². The van der Waals surface area contributed by atoms with E-state index in [4.69, 9.17) is 11.6 Å². The van der Waals surface area contributed by atoms with Gasteiger partial charge in [0.25, 0.3) is 0 Å². The van der Waals surface area contributed by atoms with E-state index < -0.39 is 0 Å². The van der Waals surface area contributed by atoms with Crippen LogP contribution in [0.3, 0.4) is 0 Å². The van der Waals surface area contributed by atoms with Crippen molar-refractivity contribution in [2.45, 2.75) is 24.3 Å². The Balaban J connectivity index is 1.98. The van der Waals surface area contributed by atoms with Gasteiger partial charge in [0, 0.05) is 17.8 Å². The molecule has 0 radical (unpaired) electrons. The van der Waals surface area contributed by atoms with Crippen LogP contribution in [0.5, 0.6) is 0 Å². The number of nitrogens with zero attached hydrogens (tertiary/aromatic N) is 3. The standard InChI is InChI=1S/C13H15ClN4OS/c1-8(20-13-17-16-9(2)18(13)3)12(19)15-11-6-4-10(14)5-7-11/h4-8H,1-3H3,(H,15,19)/t8-/m1/s1. The van der Waals surface area contributed by atoms with Crippen molar-refractivity contribution in [2.24, 2.45) is 7.05 Å². The molecular formula is C13H15ClN4OS. The van der Waals surface area contributed by atoms with Crippen molar-refractivity contribution >= 4 is 35.0 Å². The van der Waals surface area contributed by atoms with Crippen LogP contribution < -0.4 is 5.32 Å². The van der Waals surface area contributed by atoms with E-state index in [2.05, 4.69) is 15.5 Å². The molecule has 20 heavy (non-hydrogen) atoms. The van der Waals surface area contributed by atoms with Crippen LogP contribution in [-0.2, 0) is 11.8 Å². The number of amides is 1. The monoisotopic (exact) mass is 310 g/mol. The zero-order valence-corrected chi connectivity index (χ0v) is 13.0. The number of hydrogen-bond acceptors (Lipinski definition) is 4. The molecule has 0 aliphatic heterocycles. The minimum absolute atomic E-state index is 0.0852. The molecule has 2 rings (SSSR count). The molecule has 2 aromatic rings. The highest BCUT2D eigenvalue weighted by Gasteiger charge is 2.18. The van der Waals surface area contributed by atoms with Gasteiger partial charge in [-0.2, -0.15) is 0 Å². The van der Waals surface area contributed by atoms with Crippen LogP contribution >= 0.6 is 23.4 Å². The van der Waals surface area contributed by atoms with Gasteiger partial charge in [-0.05, 0) is 38.1 Å². The third-order valence-corrected chi connectivity index (χ3v) is 4.20. The highest BCUT2D eigenvalue weighted by Crippen LogP contribution is 2.22. The van der Waals surface area contributed by atoms with Crippen LogP contribution in [0.25, 0.3) is 0 Å². The Morgan fingerprint density at radius 2 is 2.00 bits per heavy atom. The second-order valence-electron chi connectivity index (χ2n) is 4.35. The second-order valence-corrected chi connectivity index (χ2v) is 6.09. The molecular weight excluding hydrogens is 296 g/mol. The lowest BCUT2D eigenvalue weighted by molar-refractivity contribution is -0.115. The number of thioether (sulfide) groups is 1. The van der Waals surface area contributed by atoms with Crippen LogP contribution in [0, 0.1) is 6.92 Å². The Morgan fingerprint density at radius 1 is 1.35 bits per heavy atom. The molecule has 1 N–H and O–H groups in total. The van der Waals surface area contributed by atoms with Gasteiger partial charge >= 0.3 is 0 Å². The molecule has 1 aromatic carbocycles. The summed E-state index contributed by atoms with van der Waals surface area (Å²) in [4.78, 5) is 12.1. The summed E-state index contributed by atoms with van der Waals surface area (Å²) in [5.74, 6) is 0.732. The maximum atomic E-state index is 12.1. The Morgan fingerprint density at radius 3 is 2.55 bits per heavy atom. The fourth-order valence-corrected chi connectivity index (χ4v) is 2.47. The van der Waals surface area contributed by atoms with Crippen LogP contribution in [-0.4, -0.2) is 25.9 Å². The van der Waals surface area contributed by atoms with Crippen LogP contribution in [0.15, 0.2) is 29.4 Å². The fraction of sp³-hybridized carbons (Fsp3) is 0.308. The van der Waals surface area contributed by atoms with E-state index in [1.54, 1.807) is 24.3 Å². The molecule has 0 spiro atoms. The molecule has 0 saturated carbocycles. The highest BCUT2D eigenvalue weighted by molar-refractivity contribution is 8.00. The molecule has 0 aliphatic carbocycles. The molecule has 0 saturated heterocycles. The van der Waals surface area contributed by atoms with Gasteiger partial charge in [-0.15, -0.1) is 10.2 Å². The summed E-state index contributed by atoms with van der Waals surface area (Å²) in [6.45, 7) is 3.70. The molecule has 5 nitrogen and oxygen atoms in total. The van der Waals surface area contributed by atoms with Crippen molar-refractivity contribution in [3.8, 4) is 0 Å². The van der Waals surface area contributed by atoms with Crippen molar-refractivity contribution < 1.29 is 4.79 Å². The van der Waals surface area contributed by atoms with E-state index >= 15 is 0 Å². The summed E-state index contributed by atoms with van der Waals surface area (Å²) < 4.78 is 1.86. The van der Waals surface area contributed by atoms with E-state index in [1.807, 2.05) is 25.5 Å². The predicted octanol–water partition coefficient (Wildman–Crippen LogP) is 2.90. The maximum absolute atomic E-state index is 12.1. The Kier molecular flexibility index (Phi) is 4.67. The third kappa shape index (κ3) is 3.52. The molecule has 0 bridgehead atoms. The molecule has 0 unspecified atom stereocenters. The van der Waals surface area contributed by atoms with Crippen molar-refractivity contribution in [2.75, 3.05) is 5.32 Å². The maximum Gasteiger partial charge on any atom is 0.237 e. The molecule has 1 aromatic heterocycles. The number of anilines is 1. The van der Waals surface area contributed by atoms with Crippen LogP contribution in [0.2, 0.25) is 5.02 Å². The normalized spacial score (nSPS) is 12.2. The van der Waals surface area contributed by atoms with Gasteiger partial charge < -0.3 is 9.88 Å². The van der Waals surface area contributed by atoms with Crippen LogP contribution in [0.1, 0.15) is 12.7 Å². The van der Waals surface area contributed by atoms with Crippen molar-refractivity contribution in [1.82, 2.24) is 14.8 Å². The lowest BCUT2D eigenvalue weighted by Crippen LogP contribution is -2.22. The second kappa shape index (κ2) is 6.28. The number of rotatable bonds is 4. The van der Waals surface area contributed by atoms with Gasteiger partial charge in [-0.25, -0.2) is 0 Å². The lowest BCUT2D eigenvalue weighted by Gasteiger charge is -2.11. The predicted molar refractivity (Wildman–Crippen MR) is 81.1 cm³/mol. The Hall–Kier alpha value is -1.53. The van der Waals surface area contributed by atoms with E-state index in [-0.39, 0.29) is 11.2 Å². The first kappa shape index (κ1) is 14.9. The number of halogens is 1. The summed E-state index contributed by atoms with van der Waals surface area (Å²) in [6.07, 6.45) is 0. The van der Waals surface area contributed by atoms with Crippen LogP contribution in [0.4, 0.5) is 5.69 Å². The zero-order valence-electron chi connectivity index (χ0n) is 11.4. The van der Waals surface area contributed by atoms with E-state index in [0.717, 1.165) is 16.7 Å². The molecule has 106 valence electrons. The Bertz CT molecular complexity index is 611. The van der Waals surface area contributed by atoms with Gasteiger partial charge in [-0.1, -0.05) is 23.4 Å². The summed E-state index contributed by atoms with van der Waals surface area (Å²) in [5.41, 5.74) is 0.723. The van der Waals surface area contributed by atoms with Gasteiger partial charge in [0.15, 0.2) is 5.16 Å². The minimum atomic E-state index is -0.270. The number of nitrogens with one attached hydrogen (secondary N) is 1. The minimum Gasteiger partial charge on any atom is -0.325 e. The van der Waals surface area contributed by atoms with E-state index in [0.29, 0.717) is 5.02 Å². The summed E-state index contributed by atoms with van der Waals surface area (Å²) in [7, 11) is 1.88. The van der Waals surface area contributed by atoms with Crippen molar-refractivity contribution in [3.05, 3.63) is 35.1 Å². The first-order chi connectivity index (χ1) is 9.47. The Labute approximate surface area is 126 Å². The average Bonchev–Trinajstić information content (AvgIpc) is 2.73. The number of aryl methyl sites for hydroxylation is 1. The number of aromatic nitrogens is 3. The topological polar surface area (TPSA) is 59.8 Å². The fourth-order valence-electron chi connectivity index (χ4n) is 1.48. The first-order valence-electron chi connectivity index (χ1n) is 6.06. The van der Waals surface area contributed by atoms with E-state index in [1.165, 1.54) is 11.8 Å². The van der Waals surface area contributed by atoms with Gasteiger partial charge in [0.2, 0.25) is 5.91 Å². The van der Waals surface area contributed by atoms with Crippen molar-refractivity contribution in [1.29, 1.82) is 0 Å². The molecule has 1 amide bonds. The molecule has 7 heteroatoms. The molecule has 0 aliphatic rings. The lowest BCUT2D eigenvalue weighted by atomic mass is 10.3. The summed E-state index contributed by atoms with van der Waals surface area (Å²) in [5, 5.41) is 11.9. The smallest absolute Gasteiger partial charge is 0.237 e. The van der Waals surface area contributed by atoms with Crippen molar-refractivity contribution in [3.63, 3.8) is 0 Å². The average molecular weight is 311 g/mol. The van der Waals surface area contributed by atoms with Gasteiger partial charge in [0.05, 0.1) is 5.25 Å². The number of benzene rings is 1. The SMILES string of the molecule is Cc1nnc(S[C@H](C)C(=O)Nc2ccc(Cl)cc2)n1C. The summed E-state index contributed by atoms with van der Waals surface area (Å²) >= 11 is 7.18. The largest absolute Gasteiger partial charge is 0.325 e. The number of hydrogen-bond donors (Lipinski definition) is 1.